The molecule has 1 atom stereocenters. The summed E-state index contributed by atoms with van der Waals surface area (Å²) in [5, 5.41) is 1.80. The van der Waals surface area contributed by atoms with E-state index in [1.807, 2.05) is 79.0 Å². The van der Waals surface area contributed by atoms with Gasteiger partial charge in [-0.25, -0.2) is 5.06 Å². The third-order valence-electron chi connectivity index (χ3n) is 5.30. The van der Waals surface area contributed by atoms with Crippen LogP contribution in [0.2, 0.25) is 0 Å². The van der Waals surface area contributed by atoms with E-state index in [0.717, 1.165) is 22.4 Å². The quantitative estimate of drug-likeness (QED) is 0.521. The number of benzene rings is 3. The van der Waals surface area contributed by atoms with Crippen molar-refractivity contribution in [3.05, 3.63) is 126 Å². The molecule has 0 saturated carbocycles. The van der Waals surface area contributed by atoms with Crippen molar-refractivity contribution in [2.45, 2.75) is 18.8 Å². The van der Waals surface area contributed by atoms with E-state index in [0.29, 0.717) is 18.9 Å². The van der Waals surface area contributed by atoms with Crippen molar-refractivity contribution in [2.24, 2.45) is 5.73 Å². The molecule has 0 bridgehead atoms. The zero-order valence-electron chi connectivity index (χ0n) is 18.1. The second-order valence-corrected chi connectivity index (χ2v) is 7.50. The van der Waals surface area contributed by atoms with E-state index in [9.17, 15) is 0 Å². The molecule has 0 amide bonds. The Bertz CT molecular complexity index is 994. The van der Waals surface area contributed by atoms with E-state index in [2.05, 4.69) is 24.3 Å². The Kier molecular flexibility index (Phi) is 7.23. The third-order valence-corrected chi connectivity index (χ3v) is 5.30. The molecule has 2 N–H and O–H groups in total. The highest BCUT2D eigenvalue weighted by molar-refractivity contribution is 5.30. The fraction of sp³-hybridized carbons (Fsp3) is 0.185. The summed E-state index contributed by atoms with van der Waals surface area (Å²) in [5.41, 5.74) is 9.22. The summed E-state index contributed by atoms with van der Waals surface area (Å²) in [7, 11) is 1.66. The normalized spacial score (nSPS) is 15.5. The van der Waals surface area contributed by atoms with E-state index in [4.69, 9.17) is 20.0 Å². The van der Waals surface area contributed by atoms with Gasteiger partial charge in [-0.2, -0.15) is 0 Å². The zero-order chi connectivity index (χ0) is 22.2. The lowest BCUT2D eigenvalue weighted by Gasteiger charge is -2.33. The third kappa shape index (κ3) is 5.38. The number of nitrogens with zero attached hydrogens (tertiary/aromatic N) is 1. The van der Waals surface area contributed by atoms with Gasteiger partial charge in [0.25, 0.3) is 0 Å². The lowest BCUT2D eigenvalue weighted by molar-refractivity contribution is -0.170. The van der Waals surface area contributed by atoms with Crippen LogP contribution in [0.25, 0.3) is 0 Å². The Balaban J connectivity index is 1.52. The summed E-state index contributed by atoms with van der Waals surface area (Å²) in [6.45, 7) is 0.872. The highest BCUT2D eigenvalue weighted by Gasteiger charge is 2.24. The smallest absolute Gasteiger partial charge is 0.137 e. The van der Waals surface area contributed by atoms with Crippen LogP contribution in [0.15, 0.2) is 109 Å². The van der Waals surface area contributed by atoms with Crippen molar-refractivity contribution in [3.63, 3.8) is 0 Å². The number of nitrogens with two attached hydrogens (primary N) is 1. The summed E-state index contributed by atoms with van der Waals surface area (Å²) in [6, 6.07) is 28.1. The van der Waals surface area contributed by atoms with Crippen LogP contribution in [0.3, 0.4) is 0 Å². The van der Waals surface area contributed by atoms with Crippen LogP contribution in [0.4, 0.5) is 0 Å². The molecule has 1 aliphatic heterocycles. The standard InChI is InChI=1S/C27H28N2O3/c1-30-25-15-12-21(13-16-25)20-31-26-17-14-24(18-28)29(19-26)32-27(22-8-4-2-5-9-22)23-10-6-3-7-11-23/h2-17,19,24,27H,18,20,28H2,1H3. The fourth-order valence-electron chi connectivity index (χ4n) is 3.51. The van der Waals surface area contributed by atoms with Crippen molar-refractivity contribution in [1.29, 1.82) is 0 Å². The van der Waals surface area contributed by atoms with Crippen LogP contribution in [0.5, 0.6) is 5.75 Å². The van der Waals surface area contributed by atoms with Crippen LogP contribution in [0.1, 0.15) is 22.8 Å². The average molecular weight is 429 g/mol. The summed E-state index contributed by atoms with van der Waals surface area (Å²) in [4.78, 5) is 6.51. The van der Waals surface area contributed by atoms with Gasteiger partial charge in [0, 0.05) is 6.54 Å². The monoisotopic (exact) mass is 428 g/mol. The number of ether oxygens (including phenoxy) is 2. The Morgan fingerprint density at radius 1 is 0.875 bits per heavy atom. The number of allylic oxidation sites excluding steroid dienone is 1. The van der Waals surface area contributed by atoms with Gasteiger partial charge in [-0.05, 0) is 34.9 Å². The SMILES string of the molecule is COc1ccc(COC2=CN(OC(c3ccccc3)c3ccccc3)C(CN)C=C2)cc1. The van der Waals surface area contributed by atoms with E-state index < -0.39 is 0 Å². The first kappa shape index (κ1) is 21.7. The van der Waals surface area contributed by atoms with E-state index >= 15 is 0 Å². The lowest BCUT2D eigenvalue weighted by Crippen LogP contribution is -2.38. The Morgan fingerprint density at radius 3 is 2.06 bits per heavy atom. The second-order valence-electron chi connectivity index (χ2n) is 7.50. The van der Waals surface area contributed by atoms with Crippen molar-refractivity contribution < 1.29 is 14.3 Å². The average Bonchev–Trinajstić information content (AvgIpc) is 2.87. The maximum Gasteiger partial charge on any atom is 0.137 e. The molecule has 1 unspecified atom stereocenters. The molecule has 0 saturated heterocycles. The molecule has 0 aromatic heterocycles. The molecule has 3 aromatic rings. The summed E-state index contributed by atoms with van der Waals surface area (Å²) >= 11 is 0. The number of hydrogen-bond donors (Lipinski definition) is 1. The van der Waals surface area contributed by atoms with Gasteiger partial charge in [0.1, 0.15) is 24.2 Å². The molecule has 1 aliphatic rings. The first-order valence-corrected chi connectivity index (χ1v) is 10.7. The van der Waals surface area contributed by atoms with Gasteiger partial charge in [-0.15, -0.1) is 0 Å². The molecule has 5 heteroatoms. The predicted molar refractivity (Wildman–Crippen MR) is 125 cm³/mol. The van der Waals surface area contributed by atoms with Crippen LogP contribution in [0, 0.1) is 0 Å². The van der Waals surface area contributed by atoms with Crippen molar-refractivity contribution in [2.75, 3.05) is 13.7 Å². The number of hydroxylamine groups is 2. The maximum atomic E-state index is 6.51. The molecule has 0 spiro atoms. The minimum Gasteiger partial charge on any atom is -0.497 e. The maximum absolute atomic E-state index is 6.51. The van der Waals surface area contributed by atoms with E-state index in [-0.39, 0.29) is 12.1 Å². The molecular formula is C27H28N2O3. The van der Waals surface area contributed by atoms with Gasteiger partial charge in [0.2, 0.25) is 0 Å². The van der Waals surface area contributed by atoms with Gasteiger partial charge >= 0.3 is 0 Å². The lowest BCUT2D eigenvalue weighted by atomic mass is 10.0. The molecule has 3 aromatic carbocycles. The largest absolute Gasteiger partial charge is 0.497 e. The minimum atomic E-state index is -0.267. The van der Waals surface area contributed by atoms with Crippen molar-refractivity contribution in [1.82, 2.24) is 5.06 Å². The number of methoxy groups -OCH3 is 1. The second kappa shape index (κ2) is 10.7. The van der Waals surface area contributed by atoms with E-state index in [1.165, 1.54) is 0 Å². The molecule has 1 heterocycles. The molecule has 0 fully saturated rings. The summed E-state index contributed by atoms with van der Waals surface area (Å²) < 4.78 is 11.2. The Morgan fingerprint density at radius 2 is 1.50 bits per heavy atom. The van der Waals surface area contributed by atoms with Crippen molar-refractivity contribution in [3.8, 4) is 5.75 Å². The predicted octanol–water partition coefficient (Wildman–Crippen LogP) is 4.97. The van der Waals surface area contributed by atoms with Crippen LogP contribution in [-0.4, -0.2) is 24.8 Å². The minimum absolute atomic E-state index is 0.0849. The molecule has 5 nitrogen and oxygen atoms in total. The van der Waals surface area contributed by atoms with Gasteiger partial charge in [-0.3, -0.25) is 4.84 Å². The summed E-state index contributed by atoms with van der Waals surface area (Å²) in [5.74, 6) is 1.54. The summed E-state index contributed by atoms with van der Waals surface area (Å²) in [6.07, 6.45) is 5.56. The number of rotatable bonds is 9. The molecule has 0 radical (unpaired) electrons. The Hall–Kier alpha value is -3.54. The molecule has 32 heavy (non-hydrogen) atoms. The first-order chi connectivity index (χ1) is 15.8. The molecule has 164 valence electrons. The Labute approximate surface area is 189 Å². The zero-order valence-corrected chi connectivity index (χ0v) is 18.1. The molecule has 0 aliphatic carbocycles. The first-order valence-electron chi connectivity index (χ1n) is 10.7. The van der Waals surface area contributed by atoms with Gasteiger partial charge in [0.15, 0.2) is 0 Å². The number of hydrogen-bond acceptors (Lipinski definition) is 5. The van der Waals surface area contributed by atoms with Crippen LogP contribution in [-0.2, 0) is 16.2 Å². The topological polar surface area (TPSA) is 57.0 Å². The van der Waals surface area contributed by atoms with Gasteiger partial charge < -0.3 is 15.2 Å². The van der Waals surface area contributed by atoms with E-state index in [1.54, 1.807) is 12.2 Å². The van der Waals surface area contributed by atoms with Crippen LogP contribution >= 0.6 is 0 Å². The fourth-order valence-corrected chi connectivity index (χ4v) is 3.51. The van der Waals surface area contributed by atoms with Crippen LogP contribution < -0.4 is 10.5 Å². The van der Waals surface area contributed by atoms with Gasteiger partial charge in [-0.1, -0.05) is 78.9 Å². The molecular weight excluding hydrogens is 400 g/mol. The molecule has 4 rings (SSSR count). The van der Waals surface area contributed by atoms with Crippen molar-refractivity contribution >= 4 is 0 Å². The highest BCUT2D eigenvalue weighted by Crippen LogP contribution is 2.29. The van der Waals surface area contributed by atoms with Gasteiger partial charge in [0.05, 0.1) is 19.4 Å². The highest BCUT2D eigenvalue weighted by atomic mass is 16.7.